The highest BCUT2D eigenvalue weighted by Gasteiger charge is 2.45. The summed E-state index contributed by atoms with van der Waals surface area (Å²) in [6.07, 6.45) is 15.5. The molecule has 3 aliphatic heterocycles. The Bertz CT molecular complexity index is 3680. The van der Waals surface area contributed by atoms with Crippen molar-refractivity contribution in [1.82, 2.24) is 30.6 Å². The number of rotatable bonds is 22. The Balaban J connectivity index is 0.798. The summed E-state index contributed by atoms with van der Waals surface area (Å²) in [6.45, 7) is 21.1. The minimum atomic E-state index is -4.44. The van der Waals surface area contributed by atoms with Crippen LogP contribution in [0.4, 0.5) is 17.3 Å². The van der Waals surface area contributed by atoms with E-state index in [1.807, 2.05) is 70.2 Å². The Hall–Kier alpha value is -7.87. The van der Waals surface area contributed by atoms with Gasteiger partial charge in [-0.2, -0.15) is 23.0 Å². The number of imidazole rings is 1. The zero-order valence-corrected chi connectivity index (χ0v) is 49.2. The predicted octanol–water partition coefficient (Wildman–Crippen LogP) is 9.66. The molecule has 7 N–H and O–H groups in total. The average Bonchev–Trinajstić information content (AvgIpc) is 2.39. The third kappa shape index (κ3) is 12.3. The lowest BCUT2D eigenvalue weighted by atomic mass is 9.81. The highest BCUT2D eigenvalue weighted by atomic mass is 32.2. The molecule has 1 atom stereocenters. The van der Waals surface area contributed by atoms with E-state index in [0.29, 0.717) is 87.9 Å². The number of carbonyl (C=O) groups is 2. The molecule has 9 rings (SSSR count). The first-order chi connectivity index (χ1) is 39.0. The van der Waals surface area contributed by atoms with Gasteiger partial charge in [-0.3, -0.25) is 14.1 Å². The molecular formula is C63H76N9O9S+. The first-order valence-electron chi connectivity index (χ1n) is 28.0. The summed E-state index contributed by atoms with van der Waals surface area (Å²) >= 11 is 0. The van der Waals surface area contributed by atoms with Crippen LogP contribution in [0.2, 0.25) is 0 Å². The van der Waals surface area contributed by atoms with Gasteiger partial charge in [0.25, 0.3) is 16.0 Å². The number of hydrogen-bond donors (Lipinski definition) is 6. The van der Waals surface area contributed by atoms with Crippen molar-refractivity contribution in [2.45, 2.75) is 135 Å². The van der Waals surface area contributed by atoms with Crippen LogP contribution in [0, 0.1) is 27.7 Å². The van der Waals surface area contributed by atoms with Crippen molar-refractivity contribution >= 4 is 56.1 Å². The van der Waals surface area contributed by atoms with E-state index in [2.05, 4.69) is 105 Å². The van der Waals surface area contributed by atoms with Crippen LogP contribution in [0.15, 0.2) is 108 Å². The molecule has 432 valence electrons. The number of fused-ring (bicyclic) bond motifs is 4. The number of nitrogens with two attached hydrogens (primary N) is 1. The molecule has 0 spiro atoms. The van der Waals surface area contributed by atoms with E-state index in [4.69, 9.17) is 19.9 Å². The molecule has 4 aromatic carbocycles. The predicted molar refractivity (Wildman–Crippen MR) is 318 cm³/mol. The second-order valence-electron chi connectivity index (χ2n) is 22.8. The minimum absolute atomic E-state index is 0.0362. The number of nitrogen functional groups attached to an aromatic ring is 1. The number of nitrogens with one attached hydrogen (secondary N) is 3. The summed E-state index contributed by atoms with van der Waals surface area (Å²) in [5.41, 5.74) is 17.4. The summed E-state index contributed by atoms with van der Waals surface area (Å²) in [7, 11) is -4.44. The van der Waals surface area contributed by atoms with E-state index in [9.17, 15) is 27.7 Å². The van der Waals surface area contributed by atoms with Crippen LogP contribution in [0.5, 0.6) is 17.4 Å². The fourth-order valence-corrected chi connectivity index (χ4v) is 11.9. The first kappa shape index (κ1) is 58.8. The highest BCUT2D eigenvalue weighted by Crippen LogP contribution is 2.48. The molecule has 82 heavy (non-hydrogen) atoms. The maximum Gasteiger partial charge on any atom is 0.294 e. The van der Waals surface area contributed by atoms with Gasteiger partial charge in [0.1, 0.15) is 30.2 Å². The number of phenolic OH excluding ortho intramolecular Hbond substituents is 1. The normalized spacial score (nSPS) is 17.6. The van der Waals surface area contributed by atoms with E-state index < -0.39 is 21.1 Å². The zero-order chi connectivity index (χ0) is 58.7. The Morgan fingerprint density at radius 3 is 2.41 bits per heavy atom. The number of aromatic amines is 1. The van der Waals surface area contributed by atoms with Gasteiger partial charge < -0.3 is 45.6 Å². The number of phenols is 1. The first-order valence-corrected chi connectivity index (χ1v) is 29.4. The van der Waals surface area contributed by atoms with Crippen molar-refractivity contribution in [3.63, 3.8) is 0 Å². The monoisotopic (exact) mass is 1130 g/mol. The molecule has 0 saturated carbocycles. The summed E-state index contributed by atoms with van der Waals surface area (Å²) in [6, 6.07) is 19.1. The van der Waals surface area contributed by atoms with Crippen molar-refractivity contribution in [3.8, 4) is 17.4 Å². The number of nitrogens with zero attached hydrogens (tertiary/aromatic N) is 5. The van der Waals surface area contributed by atoms with E-state index >= 15 is 0 Å². The Kier molecular flexibility index (Phi) is 17.1. The van der Waals surface area contributed by atoms with E-state index in [0.717, 1.165) is 74.6 Å². The van der Waals surface area contributed by atoms with E-state index in [1.165, 1.54) is 23.5 Å². The fraction of sp³-hybridized carbons (Fsp3) is 0.397. The second kappa shape index (κ2) is 23.9. The number of anilines is 2. The van der Waals surface area contributed by atoms with Crippen molar-refractivity contribution in [1.29, 1.82) is 0 Å². The molecule has 18 nitrogen and oxygen atoms in total. The van der Waals surface area contributed by atoms with E-state index in [1.54, 1.807) is 12.1 Å². The number of allylic oxidation sites excluding steroid dienone is 6. The van der Waals surface area contributed by atoms with Gasteiger partial charge in [-0.25, -0.2) is 4.98 Å². The van der Waals surface area contributed by atoms with Gasteiger partial charge in [0.05, 0.1) is 29.9 Å². The van der Waals surface area contributed by atoms with Crippen LogP contribution >= 0.6 is 0 Å². The lowest BCUT2D eigenvalue weighted by Gasteiger charge is -2.36. The van der Waals surface area contributed by atoms with Crippen molar-refractivity contribution in [2.24, 2.45) is 0 Å². The molecule has 0 fully saturated rings. The standard InChI is InChI=1S/C63H75N9O9S/c1-39-19-25-49-47(34-39)61(5,6)52(72(49)31-33-79-32-29-65-59(75)63(9)28-27-46-42(4)55(74)40(2)41(3)56(46)81-63)17-13-10-12-16-51-62(7,8)48-35-45(82(76,77)78)24-26-50(48)71(51)30-15-11-14-18-53(73)66-36-43-20-22-44(23-21-43)37-80-58-54-57(68-38-67-54)69-60(64)70-58/h10,12-13,16-17,19-26,34-35,38H,11,14-15,18,27-33,36-37H2,1-9H3,(H6-,64,65,66,67,68,69,70,73,74,75,76,77,78)/p+1. The fourth-order valence-electron chi connectivity index (χ4n) is 11.4. The van der Waals surface area contributed by atoms with E-state index in [-0.39, 0.29) is 40.4 Å². The topological polar surface area (TPSA) is 247 Å². The van der Waals surface area contributed by atoms with Gasteiger partial charge in [-0.05, 0) is 125 Å². The highest BCUT2D eigenvalue weighted by molar-refractivity contribution is 7.85. The van der Waals surface area contributed by atoms with Crippen LogP contribution in [0.3, 0.4) is 0 Å². The van der Waals surface area contributed by atoms with Crippen molar-refractivity contribution in [3.05, 3.63) is 153 Å². The molecule has 1 unspecified atom stereocenters. The molecule has 0 aliphatic carbocycles. The summed E-state index contributed by atoms with van der Waals surface area (Å²) in [5, 5.41) is 16.7. The number of benzene rings is 4. The Labute approximate surface area is 480 Å². The molecule has 0 bridgehead atoms. The molecule has 0 saturated heterocycles. The SMILES string of the molecule is Cc1ccc2c(c1)C(C)(C)C(=CC=CC=CC1=[N+](CCCCCC(=O)NCc3ccc(COc4nc(N)nc5nc[nH]c45)cc3)c3ccc(S(=O)(=O)O)cc3C1(C)C)N2CCOCCNC(=O)C1(C)CCc2c(C)c(O)c(C)c(C)c2O1. The maximum atomic E-state index is 13.5. The number of aromatic nitrogens is 4. The molecular weight excluding hydrogens is 1060 g/mol. The number of unbranched alkanes of at least 4 members (excludes halogenated alkanes) is 2. The van der Waals surface area contributed by atoms with Crippen LogP contribution in [-0.2, 0) is 54.8 Å². The molecule has 5 heterocycles. The van der Waals surface area contributed by atoms with Crippen LogP contribution < -0.4 is 30.7 Å². The van der Waals surface area contributed by atoms with Gasteiger partial charge in [-0.15, -0.1) is 0 Å². The lowest BCUT2D eigenvalue weighted by molar-refractivity contribution is -0.438. The number of aryl methyl sites for hydroxylation is 1. The second-order valence-corrected chi connectivity index (χ2v) is 24.2. The van der Waals surface area contributed by atoms with Crippen molar-refractivity contribution < 1.29 is 46.5 Å². The lowest BCUT2D eigenvalue weighted by Crippen LogP contribution is -2.51. The molecule has 0 radical (unpaired) electrons. The number of hydrogen-bond acceptors (Lipinski definition) is 13. The maximum absolute atomic E-state index is 13.5. The van der Waals surface area contributed by atoms with Gasteiger partial charge >= 0.3 is 0 Å². The average molecular weight is 1140 g/mol. The number of aromatic hydroxyl groups is 1. The van der Waals surface area contributed by atoms with Gasteiger partial charge in [-0.1, -0.05) is 74.0 Å². The van der Waals surface area contributed by atoms with Gasteiger partial charge in [0, 0.05) is 79.0 Å². The van der Waals surface area contributed by atoms with Crippen LogP contribution in [0.25, 0.3) is 11.2 Å². The third-order valence-electron chi connectivity index (χ3n) is 16.4. The van der Waals surface area contributed by atoms with Gasteiger partial charge in [0.2, 0.25) is 23.4 Å². The van der Waals surface area contributed by atoms with Gasteiger partial charge in [0.15, 0.2) is 17.0 Å². The molecule has 6 aromatic rings. The Morgan fingerprint density at radius 1 is 0.878 bits per heavy atom. The summed E-state index contributed by atoms with van der Waals surface area (Å²) < 4.78 is 55.3. The van der Waals surface area contributed by atoms with Crippen LogP contribution in [0.1, 0.15) is 117 Å². The smallest absolute Gasteiger partial charge is 0.294 e. The molecule has 2 aromatic heterocycles. The molecule has 2 amide bonds. The zero-order valence-electron chi connectivity index (χ0n) is 48.4. The Morgan fingerprint density at radius 2 is 1.65 bits per heavy atom. The summed E-state index contributed by atoms with van der Waals surface area (Å²) in [4.78, 5) is 44.0. The minimum Gasteiger partial charge on any atom is -0.507 e. The third-order valence-corrected chi connectivity index (χ3v) is 17.2. The summed E-state index contributed by atoms with van der Waals surface area (Å²) in [5.74, 6) is 1.14. The number of ether oxygens (including phenoxy) is 3. The van der Waals surface area contributed by atoms with Crippen LogP contribution in [-0.4, -0.2) is 98.6 Å². The quantitative estimate of drug-likeness (QED) is 0.0160. The number of carbonyl (C=O) groups excluding carboxylic acids is 2. The number of amides is 2. The van der Waals surface area contributed by atoms with Crippen molar-refractivity contribution in [2.75, 3.05) is 43.5 Å². The molecule has 19 heteroatoms. The largest absolute Gasteiger partial charge is 0.507 e. The molecule has 3 aliphatic rings. The number of H-pyrrole nitrogens is 1.